The number of hydrogen-bond donors (Lipinski definition) is 0. The molecule has 0 unspecified atom stereocenters. The Labute approximate surface area is 110 Å². The summed E-state index contributed by atoms with van der Waals surface area (Å²) in [5.74, 6) is 0. The van der Waals surface area contributed by atoms with Crippen LogP contribution in [0.2, 0.25) is 0 Å². The van der Waals surface area contributed by atoms with E-state index in [-0.39, 0.29) is 25.8 Å². The van der Waals surface area contributed by atoms with Crippen molar-refractivity contribution in [2.45, 2.75) is 19.8 Å². The molecule has 0 aliphatic heterocycles. The minimum Gasteiger partial charge on any atom is -0.406 e. The molecule has 2 aliphatic carbocycles. The van der Waals surface area contributed by atoms with Gasteiger partial charge in [-0.15, -0.1) is 23.3 Å². The summed E-state index contributed by atoms with van der Waals surface area (Å²) < 4.78 is 5.71. The molecule has 2 aliphatic rings. The SMILES string of the molecule is CCO[C-](C1=CC=CC1)C1=CC=CC1.[Hf]. The summed E-state index contributed by atoms with van der Waals surface area (Å²) in [4.78, 5) is 0. The molecule has 0 aromatic rings. The molecule has 0 aromatic heterocycles. The molecule has 0 amide bonds. The van der Waals surface area contributed by atoms with Crippen LogP contribution in [0.15, 0.2) is 47.6 Å². The van der Waals surface area contributed by atoms with Gasteiger partial charge in [0, 0.05) is 32.5 Å². The molecule has 0 bridgehead atoms. The Bertz CT molecular complexity index is 293. The first-order valence-corrected chi connectivity index (χ1v) is 5.13. The van der Waals surface area contributed by atoms with Crippen LogP contribution in [0.3, 0.4) is 0 Å². The van der Waals surface area contributed by atoms with E-state index in [1.807, 2.05) is 6.92 Å². The average Bonchev–Trinajstić information content (AvgIpc) is 2.87. The van der Waals surface area contributed by atoms with Crippen molar-refractivity contribution in [2.24, 2.45) is 0 Å². The zero-order chi connectivity index (χ0) is 9.80. The van der Waals surface area contributed by atoms with Gasteiger partial charge in [0.1, 0.15) is 0 Å². The second-order valence-electron chi connectivity index (χ2n) is 3.41. The van der Waals surface area contributed by atoms with Crippen LogP contribution in [0.25, 0.3) is 0 Å². The van der Waals surface area contributed by atoms with Gasteiger partial charge in [-0.3, -0.25) is 0 Å². The molecule has 2 rings (SSSR count). The van der Waals surface area contributed by atoms with Gasteiger partial charge in [-0.1, -0.05) is 12.2 Å². The maximum absolute atomic E-state index is 5.71. The molecule has 2 heteroatoms. The second kappa shape index (κ2) is 6.29. The van der Waals surface area contributed by atoms with Crippen LogP contribution in [-0.4, -0.2) is 6.61 Å². The zero-order valence-corrected chi connectivity index (χ0v) is 12.6. The summed E-state index contributed by atoms with van der Waals surface area (Å²) in [6, 6.07) is 0. The molecule has 0 saturated carbocycles. The molecule has 0 heterocycles. The van der Waals surface area contributed by atoms with Gasteiger partial charge in [0.2, 0.25) is 0 Å². The predicted octanol–water partition coefficient (Wildman–Crippen LogP) is 3.32. The fraction of sp³-hybridized carbons (Fsp3) is 0.308. The van der Waals surface area contributed by atoms with Crippen LogP contribution in [-0.2, 0) is 30.6 Å². The van der Waals surface area contributed by atoms with E-state index >= 15 is 0 Å². The van der Waals surface area contributed by atoms with Crippen molar-refractivity contribution in [2.75, 3.05) is 6.61 Å². The van der Waals surface area contributed by atoms with Gasteiger partial charge >= 0.3 is 0 Å². The molecule has 1 nitrogen and oxygen atoms in total. The third kappa shape index (κ3) is 3.05. The Morgan fingerprint density at radius 1 is 1.13 bits per heavy atom. The summed E-state index contributed by atoms with van der Waals surface area (Å²) in [7, 11) is 0. The molecule has 0 radical (unpaired) electrons. The fourth-order valence-corrected chi connectivity index (χ4v) is 1.77. The van der Waals surface area contributed by atoms with Crippen LogP contribution in [0.1, 0.15) is 19.8 Å². The molecule has 0 N–H and O–H groups in total. The summed E-state index contributed by atoms with van der Waals surface area (Å²) in [6.45, 7) is 2.77. The van der Waals surface area contributed by atoms with Gasteiger partial charge in [0.15, 0.2) is 0 Å². The average molecular weight is 366 g/mol. The van der Waals surface area contributed by atoms with Crippen LogP contribution in [0.5, 0.6) is 0 Å². The first-order valence-electron chi connectivity index (χ1n) is 5.13. The van der Waals surface area contributed by atoms with Crippen LogP contribution in [0.4, 0.5) is 0 Å². The molecule has 0 atom stereocenters. The topological polar surface area (TPSA) is 9.23 Å². The normalized spacial score (nSPS) is 17.4. The van der Waals surface area contributed by atoms with Crippen molar-refractivity contribution in [3.8, 4) is 0 Å². The number of rotatable bonds is 4. The summed E-state index contributed by atoms with van der Waals surface area (Å²) >= 11 is 0. The van der Waals surface area contributed by atoms with Gasteiger partial charge in [-0.25, -0.2) is 0 Å². The molecule has 0 spiro atoms. The number of ether oxygens (including phenoxy) is 1. The van der Waals surface area contributed by atoms with Crippen molar-refractivity contribution < 1.29 is 30.6 Å². The Morgan fingerprint density at radius 3 is 2.00 bits per heavy atom. The van der Waals surface area contributed by atoms with E-state index in [0.717, 1.165) is 25.6 Å². The standard InChI is InChI=1S/C13H15O.Hf/c1-2-14-13(11-7-3-4-8-11)12-9-5-6-10-12;/h3-7,9H,2,8,10H2,1H3;/q-1;. The van der Waals surface area contributed by atoms with E-state index in [0.29, 0.717) is 0 Å². The van der Waals surface area contributed by atoms with Crippen LogP contribution < -0.4 is 0 Å². The third-order valence-electron chi connectivity index (χ3n) is 2.41. The van der Waals surface area contributed by atoms with Crippen LogP contribution in [0, 0.1) is 6.10 Å². The maximum atomic E-state index is 5.71. The van der Waals surface area contributed by atoms with E-state index in [1.54, 1.807) is 0 Å². The monoisotopic (exact) mass is 367 g/mol. The number of hydrogen-bond acceptors (Lipinski definition) is 1. The van der Waals surface area contributed by atoms with Crippen molar-refractivity contribution >= 4 is 0 Å². The van der Waals surface area contributed by atoms with E-state index in [2.05, 4.69) is 36.5 Å². The van der Waals surface area contributed by atoms with Gasteiger partial charge in [0.25, 0.3) is 0 Å². The maximum Gasteiger partial charge on any atom is 0.0350 e. The van der Waals surface area contributed by atoms with Gasteiger partial charge < -0.3 is 4.74 Å². The molecule has 78 valence electrons. The molecule has 0 fully saturated rings. The summed E-state index contributed by atoms with van der Waals surface area (Å²) in [6.07, 6.45) is 15.9. The Morgan fingerprint density at radius 2 is 1.67 bits per heavy atom. The van der Waals surface area contributed by atoms with E-state index in [4.69, 9.17) is 4.74 Å². The quantitative estimate of drug-likeness (QED) is 0.548. The molecule has 0 aromatic carbocycles. The van der Waals surface area contributed by atoms with Gasteiger partial charge in [-0.05, 0) is 25.9 Å². The fourth-order valence-electron chi connectivity index (χ4n) is 1.77. The van der Waals surface area contributed by atoms with E-state index < -0.39 is 0 Å². The Balaban J connectivity index is 0.00000112. The first kappa shape index (κ1) is 12.7. The minimum absolute atomic E-state index is 0. The minimum atomic E-state index is 0. The van der Waals surface area contributed by atoms with E-state index in [9.17, 15) is 0 Å². The van der Waals surface area contributed by atoms with E-state index in [1.165, 1.54) is 11.1 Å². The first-order chi connectivity index (χ1) is 6.92. The van der Waals surface area contributed by atoms with Gasteiger partial charge in [-0.2, -0.15) is 12.2 Å². The Kier molecular flexibility index (Phi) is 5.34. The van der Waals surface area contributed by atoms with Crippen molar-refractivity contribution in [1.82, 2.24) is 0 Å². The van der Waals surface area contributed by atoms with Crippen molar-refractivity contribution in [1.29, 1.82) is 0 Å². The third-order valence-corrected chi connectivity index (χ3v) is 2.41. The smallest absolute Gasteiger partial charge is 0.0350 e. The Hall–Kier alpha value is -0.340. The molecule has 15 heavy (non-hydrogen) atoms. The summed E-state index contributed by atoms with van der Waals surface area (Å²) in [5, 5.41) is 0. The molecular formula is C13H15HfO-. The largest absolute Gasteiger partial charge is 0.406 e. The van der Waals surface area contributed by atoms with Gasteiger partial charge in [0.05, 0.1) is 0 Å². The number of allylic oxidation sites excluding steroid dienone is 6. The predicted molar refractivity (Wildman–Crippen MR) is 58.5 cm³/mol. The summed E-state index contributed by atoms with van der Waals surface area (Å²) in [5.41, 5.74) is 2.61. The molecule has 0 saturated heterocycles. The van der Waals surface area contributed by atoms with Crippen LogP contribution >= 0.6 is 0 Å². The molecular weight excluding hydrogens is 351 g/mol. The van der Waals surface area contributed by atoms with Crippen molar-refractivity contribution in [3.05, 3.63) is 53.7 Å². The second-order valence-corrected chi connectivity index (χ2v) is 3.41. The van der Waals surface area contributed by atoms with Crippen molar-refractivity contribution in [3.63, 3.8) is 0 Å². The zero-order valence-electron chi connectivity index (χ0n) is 8.99.